The van der Waals surface area contributed by atoms with Crippen LogP contribution in [0.3, 0.4) is 0 Å². The van der Waals surface area contributed by atoms with Gasteiger partial charge in [-0.25, -0.2) is 10.0 Å². The van der Waals surface area contributed by atoms with E-state index in [1.54, 1.807) is 0 Å². The average molecular weight is 483 g/mol. The van der Waals surface area contributed by atoms with Gasteiger partial charge in [0.2, 0.25) is 0 Å². The quantitative estimate of drug-likeness (QED) is 0.234. The standard InChI is InChI=1S/C28H26N4S2/c1-21-13-9-11-19-25(21)30-28(34)32(26-20-12-10-14-22(26)2)31(24-17-7-4-8-18-24)27(33)29-23-15-5-3-6-16-23/h3-20H,1-2H3,(H,29,33)(H,30,34). The minimum atomic E-state index is 0.495. The second kappa shape index (κ2) is 10.9. The van der Waals surface area contributed by atoms with Crippen molar-refractivity contribution in [2.75, 3.05) is 20.7 Å². The highest BCUT2D eigenvalue weighted by atomic mass is 32.1. The summed E-state index contributed by atoms with van der Waals surface area (Å²) in [5.74, 6) is 0. The molecule has 0 fully saturated rings. The predicted octanol–water partition coefficient (Wildman–Crippen LogP) is 7.33. The molecule has 4 nitrogen and oxygen atoms in total. The maximum Gasteiger partial charge on any atom is 0.197 e. The molecule has 0 amide bonds. The number of para-hydroxylation sites is 4. The summed E-state index contributed by atoms with van der Waals surface area (Å²) in [7, 11) is 0. The van der Waals surface area contributed by atoms with Gasteiger partial charge in [-0.2, -0.15) is 0 Å². The van der Waals surface area contributed by atoms with E-state index in [4.69, 9.17) is 24.4 Å². The van der Waals surface area contributed by atoms with E-state index in [0.717, 1.165) is 33.9 Å². The molecule has 0 radical (unpaired) electrons. The molecule has 0 aliphatic rings. The van der Waals surface area contributed by atoms with E-state index in [-0.39, 0.29) is 0 Å². The topological polar surface area (TPSA) is 30.5 Å². The first-order valence-electron chi connectivity index (χ1n) is 11.0. The smallest absolute Gasteiger partial charge is 0.197 e. The number of hydrogen-bond acceptors (Lipinski definition) is 2. The number of aryl methyl sites for hydroxylation is 2. The van der Waals surface area contributed by atoms with Crippen LogP contribution in [0, 0.1) is 13.8 Å². The van der Waals surface area contributed by atoms with E-state index in [0.29, 0.717) is 10.2 Å². The molecular weight excluding hydrogens is 456 g/mol. The Hall–Kier alpha value is -3.74. The summed E-state index contributed by atoms with van der Waals surface area (Å²) in [6.07, 6.45) is 0. The van der Waals surface area contributed by atoms with Crippen molar-refractivity contribution in [2.45, 2.75) is 13.8 Å². The van der Waals surface area contributed by atoms with Crippen LogP contribution < -0.4 is 20.7 Å². The van der Waals surface area contributed by atoms with Gasteiger partial charge in [-0.1, -0.05) is 72.8 Å². The van der Waals surface area contributed by atoms with Gasteiger partial charge in [0, 0.05) is 11.4 Å². The van der Waals surface area contributed by atoms with Gasteiger partial charge in [-0.05, 0) is 85.8 Å². The molecule has 0 atom stereocenters. The molecule has 0 heterocycles. The first kappa shape index (κ1) is 23.4. The molecule has 0 unspecified atom stereocenters. The zero-order valence-electron chi connectivity index (χ0n) is 19.1. The summed E-state index contributed by atoms with van der Waals surface area (Å²) >= 11 is 12.0. The molecule has 170 valence electrons. The number of nitrogens with one attached hydrogen (secondary N) is 2. The molecular formula is C28H26N4S2. The van der Waals surface area contributed by atoms with Crippen LogP contribution in [0.5, 0.6) is 0 Å². The van der Waals surface area contributed by atoms with Crippen LogP contribution in [0.1, 0.15) is 11.1 Å². The summed E-state index contributed by atoms with van der Waals surface area (Å²) in [5, 5.41) is 11.7. The zero-order valence-corrected chi connectivity index (χ0v) is 20.7. The Morgan fingerprint density at radius 1 is 0.559 bits per heavy atom. The molecule has 2 N–H and O–H groups in total. The molecule has 0 saturated carbocycles. The summed E-state index contributed by atoms with van der Waals surface area (Å²) in [6, 6.07) is 36.1. The molecule has 4 aromatic carbocycles. The van der Waals surface area contributed by atoms with Gasteiger partial charge in [-0.15, -0.1) is 0 Å². The number of anilines is 4. The fourth-order valence-corrected chi connectivity index (χ4v) is 4.18. The molecule has 4 aromatic rings. The summed E-state index contributed by atoms with van der Waals surface area (Å²) in [4.78, 5) is 0. The van der Waals surface area contributed by atoms with Crippen LogP contribution in [0.2, 0.25) is 0 Å². The summed E-state index contributed by atoms with van der Waals surface area (Å²) < 4.78 is 0. The number of benzene rings is 4. The molecule has 6 heteroatoms. The largest absolute Gasteiger partial charge is 0.331 e. The Labute approximate surface area is 211 Å². The van der Waals surface area contributed by atoms with Crippen molar-refractivity contribution in [2.24, 2.45) is 0 Å². The van der Waals surface area contributed by atoms with Gasteiger partial charge < -0.3 is 10.6 Å². The minimum absolute atomic E-state index is 0.495. The molecule has 0 aliphatic carbocycles. The average Bonchev–Trinajstić information content (AvgIpc) is 2.85. The second-order valence-electron chi connectivity index (χ2n) is 7.79. The van der Waals surface area contributed by atoms with Crippen molar-refractivity contribution >= 4 is 57.4 Å². The lowest BCUT2D eigenvalue weighted by Gasteiger charge is -2.39. The van der Waals surface area contributed by atoms with Crippen LogP contribution in [0.4, 0.5) is 22.7 Å². The predicted molar refractivity (Wildman–Crippen MR) is 153 cm³/mol. The molecule has 0 aliphatic heterocycles. The van der Waals surface area contributed by atoms with Gasteiger partial charge >= 0.3 is 0 Å². The Morgan fingerprint density at radius 3 is 1.74 bits per heavy atom. The Bertz CT molecular complexity index is 1280. The van der Waals surface area contributed by atoms with Gasteiger partial charge in [0.25, 0.3) is 0 Å². The molecule has 0 saturated heterocycles. The van der Waals surface area contributed by atoms with Crippen molar-refractivity contribution in [1.82, 2.24) is 0 Å². The van der Waals surface area contributed by atoms with Crippen molar-refractivity contribution in [3.05, 3.63) is 120 Å². The van der Waals surface area contributed by atoms with Crippen molar-refractivity contribution in [3.63, 3.8) is 0 Å². The van der Waals surface area contributed by atoms with Gasteiger partial charge in [0.15, 0.2) is 10.2 Å². The van der Waals surface area contributed by atoms with Crippen LogP contribution in [-0.4, -0.2) is 10.2 Å². The maximum atomic E-state index is 6.00. The van der Waals surface area contributed by atoms with Crippen LogP contribution in [0.25, 0.3) is 0 Å². The third-order valence-electron chi connectivity index (χ3n) is 5.34. The number of rotatable bonds is 4. The summed E-state index contributed by atoms with van der Waals surface area (Å²) in [6.45, 7) is 4.12. The molecule has 0 spiro atoms. The highest BCUT2D eigenvalue weighted by Gasteiger charge is 2.26. The first-order valence-corrected chi connectivity index (χ1v) is 11.8. The van der Waals surface area contributed by atoms with Crippen molar-refractivity contribution in [1.29, 1.82) is 0 Å². The van der Waals surface area contributed by atoms with E-state index in [9.17, 15) is 0 Å². The van der Waals surface area contributed by atoms with Crippen LogP contribution in [0.15, 0.2) is 109 Å². The van der Waals surface area contributed by atoms with Gasteiger partial charge in [0.1, 0.15) is 0 Å². The Morgan fingerprint density at radius 2 is 1.09 bits per heavy atom. The van der Waals surface area contributed by atoms with E-state index in [1.165, 1.54) is 0 Å². The summed E-state index contributed by atoms with van der Waals surface area (Å²) in [5.41, 5.74) is 5.82. The highest BCUT2D eigenvalue weighted by Crippen LogP contribution is 2.28. The van der Waals surface area contributed by atoms with E-state index < -0.39 is 0 Å². The SMILES string of the molecule is Cc1ccccc1NC(=S)N(c1ccccc1C)N(C(=S)Nc1ccccc1)c1ccccc1. The minimum Gasteiger partial charge on any atom is -0.331 e. The molecule has 34 heavy (non-hydrogen) atoms. The maximum absolute atomic E-state index is 6.00. The van der Waals surface area contributed by atoms with Gasteiger partial charge in [-0.3, -0.25) is 0 Å². The zero-order chi connectivity index (χ0) is 23.9. The van der Waals surface area contributed by atoms with Gasteiger partial charge in [0.05, 0.1) is 11.4 Å². The molecule has 0 bridgehead atoms. The normalized spacial score (nSPS) is 10.3. The molecule has 0 aromatic heterocycles. The number of hydrogen-bond donors (Lipinski definition) is 2. The first-order chi connectivity index (χ1) is 16.5. The van der Waals surface area contributed by atoms with E-state index in [1.807, 2.05) is 107 Å². The molecule has 4 rings (SSSR count). The Balaban J connectivity index is 1.81. The van der Waals surface area contributed by atoms with Crippen LogP contribution >= 0.6 is 24.4 Å². The number of nitrogens with zero attached hydrogens (tertiary/aromatic N) is 2. The highest BCUT2D eigenvalue weighted by molar-refractivity contribution is 7.81. The number of thiocarbonyl (C=S) groups is 2. The lowest BCUT2D eigenvalue weighted by atomic mass is 10.2. The third-order valence-corrected chi connectivity index (χ3v) is 5.89. The number of hydrazine groups is 1. The fraction of sp³-hybridized carbons (Fsp3) is 0.0714. The van der Waals surface area contributed by atoms with Crippen LogP contribution in [-0.2, 0) is 0 Å². The van der Waals surface area contributed by atoms with E-state index in [2.05, 4.69) is 36.6 Å². The monoisotopic (exact) mass is 482 g/mol. The van der Waals surface area contributed by atoms with Crippen molar-refractivity contribution in [3.8, 4) is 0 Å². The lowest BCUT2D eigenvalue weighted by Crippen LogP contribution is -2.54. The lowest BCUT2D eigenvalue weighted by molar-refractivity contribution is 1.06. The Kier molecular flexibility index (Phi) is 7.52. The second-order valence-corrected chi connectivity index (χ2v) is 8.56. The third kappa shape index (κ3) is 5.42. The van der Waals surface area contributed by atoms with Crippen molar-refractivity contribution < 1.29 is 0 Å². The fourth-order valence-electron chi connectivity index (χ4n) is 3.58. The van der Waals surface area contributed by atoms with E-state index >= 15 is 0 Å².